The van der Waals surface area contributed by atoms with Gasteiger partial charge in [-0.25, -0.2) is 0 Å². The third-order valence-corrected chi connectivity index (χ3v) is 5.15. The van der Waals surface area contributed by atoms with Crippen LogP contribution in [0.5, 0.6) is 5.75 Å². The second-order valence-corrected chi connectivity index (χ2v) is 6.78. The van der Waals surface area contributed by atoms with E-state index in [1.54, 1.807) is 18.9 Å². The highest BCUT2D eigenvalue weighted by molar-refractivity contribution is 7.98. The zero-order valence-electron chi connectivity index (χ0n) is 13.3. The maximum Gasteiger partial charge on any atom is 0.132 e. The standard InChI is InChI=1S/C17H27NO2S/c1-12(18-11-13-5-4-6-15(19)9-13)14-7-8-17(21-3)16(10-14)20-2/h7-8,10,12-13,15,18-19H,4-6,9,11H2,1-3H3. The Morgan fingerprint density at radius 2 is 2.24 bits per heavy atom. The third-order valence-electron chi connectivity index (χ3n) is 4.38. The molecule has 21 heavy (non-hydrogen) atoms. The lowest BCUT2D eigenvalue weighted by Gasteiger charge is -2.27. The SMILES string of the molecule is COc1cc(C(C)NCC2CCCC(O)C2)ccc1SC. The average molecular weight is 309 g/mol. The minimum absolute atomic E-state index is 0.0955. The number of nitrogens with one attached hydrogen (secondary N) is 1. The van der Waals surface area contributed by atoms with E-state index in [1.165, 1.54) is 16.9 Å². The van der Waals surface area contributed by atoms with Gasteiger partial charge in [-0.1, -0.05) is 12.5 Å². The van der Waals surface area contributed by atoms with Gasteiger partial charge >= 0.3 is 0 Å². The number of methoxy groups -OCH3 is 1. The lowest BCUT2D eigenvalue weighted by Crippen LogP contribution is -2.30. The van der Waals surface area contributed by atoms with Crippen molar-refractivity contribution in [2.24, 2.45) is 5.92 Å². The fourth-order valence-electron chi connectivity index (χ4n) is 3.03. The molecule has 0 heterocycles. The molecule has 1 aromatic rings. The predicted molar refractivity (Wildman–Crippen MR) is 89.2 cm³/mol. The lowest BCUT2D eigenvalue weighted by molar-refractivity contribution is 0.0998. The molecule has 0 amide bonds. The fraction of sp³-hybridized carbons (Fsp3) is 0.647. The van der Waals surface area contributed by atoms with Crippen LogP contribution in [0.25, 0.3) is 0 Å². The molecule has 0 saturated heterocycles. The molecule has 1 saturated carbocycles. The van der Waals surface area contributed by atoms with E-state index in [1.807, 2.05) is 0 Å². The summed E-state index contributed by atoms with van der Waals surface area (Å²) in [6.45, 7) is 3.16. The molecule has 118 valence electrons. The van der Waals surface area contributed by atoms with Gasteiger partial charge in [0, 0.05) is 10.9 Å². The highest BCUT2D eigenvalue weighted by Crippen LogP contribution is 2.30. The molecule has 1 aromatic carbocycles. The minimum Gasteiger partial charge on any atom is -0.496 e. The molecule has 0 bridgehead atoms. The Balaban J connectivity index is 1.92. The highest BCUT2D eigenvalue weighted by atomic mass is 32.2. The van der Waals surface area contributed by atoms with E-state index >= 15 is 0 Å². The Labute approximate surface area is 132 Å². The van der Waals surface area contributed by atoms with E-state index in [-0.39, 0.29) is 6.10 Å². The normalized spacial score (nSPS) is 23.8. The van der Waals surface area contributed by atoms with Crippen molar-refractivity contribution in [2.75, 3.05) is 19.9 Å². The quantitative estimate of drug-likeness (QED) is 0.788. The van der Waals surface area contributed by atoms with E-state index in [0.29, 0.717) is 12.0 Å². The number of aliphatic hydroxyl groups excluding tert-OH is 1. The van der Waals surface area contributed by atoms with Gasteiger partial charge in [0.15, 0.2) is 0 Å². The first-order chi connectivity index (χ1) is 10.1. The van der Waals surface area contributed by atoms with E-state index < -0.39 is 0 Å². The lowest BCUT2D eigenvalue weighted by atomic mass is 9.87. The molecule has 1 aliphatic carbocycles. The van der Waals surface area contributed by atoms with Crippen LogP contribution < -0.4 is 10.1 Å². The topological polar surface area (TPSA) is 41.5 Å². The van der Waals surface area contributed by atoms with Crippen molar-refractivity contribution in [1.29, 1.82) is 0 Å². The van der Waals surface area contributed by atoms with Crippen LogP contribution in [0.4, 0.5) is 0 Å². The Morgan fingerprint density at radius 3 is 2.90 bits per heavy atom. The molecule has 1 fully saturated rings. The van der Waals surface area contributed by atoms with Gasteiger partial charge < -0.3 is 15.2 Å². The number of benzene rings is 1. The zero-order chi connectivity index (χ0) is 15.2. The minimum atomic E-state index is -0.0955. The Kier molecular flexibility index (Phi) is 6.40. The Hall–Kier alpha value is -0.710. The summed E-state index contributed by atoms with van der Waals surface area (Å²) in [6, 6.07) is 6.72. The van der Waals surface area contributed by atoms with Gasteiger partial charge in [0.05, 0.1) is 13.2 Å². The van der Waals surface area contributed by atoms with E-state index in [2.05, 4.69) is 36.7 Å². The van der Waals surface area contributed by atoms with Crippen LogP contribution in [-0.4, -0.2) is 31.1 Å². The smallest absolute Gasteiger partial charge is 0.132 e. The largest absolute Gasteiger partial charge is 0.496 e. The predicted octanol–water partition coefficient (Wildman–Crippen LogP) is 3.62. The number of thioether (sulfide) groups is 1. The molecule has 3 nitrogen and oxygen atoms in total. The summed E-state index contributed by atoms with van der Waals surface area (Å²) in [5, 5.41) is 13.3. The molecule has 1 aliphatic rings. The summed E-state index contributed by atoms with van der Waals surface area (Å²) in [6.07, 6.45) is 6.26. The number of ether oxygens (including phenoxy) is 1. The first kappa shape index (κ1) is 16.7. The van der Waals surface area contributed by atoms with Crippen LogP contribution in [0.2, 0.25) is 0 Å². The van der Waals surface area contributed by atoms with Crippen LogP contribution in [0, 0.1) is 5.92 Å². The van der Waals surface area contributed by atoms with Gasteiger partial charge in [-0.15, -0.1) is 11.8 Å². The third kappa shape index (κ3) is 4.63. The number of hydrogen-bond acceptors (Lipinski definition) is 4. The van der Waals surface area contributed by atoms with Gasteiger partial charge in [0.1, 0.15) is 5.75 Å². The van der Waals surface area contributed by atoms with Gasteiger partial charge in [-0.3, -0.25) is 0 Å². The molecular weight excluding hydrogens is 282 g/mol. The summed E-state index contributed by atoms with van der Waals surface area (Å²) < 4.78 is 5.45. The second kappa shape index (κ2) is 8.06. The summed E-state index contributed by atoms with van der Waals surface area (Å²) >= 11 is 1.70. The molecule has 3 atom stereocenters. The van der Waals surface area contributed by atoms with Crippen molar-refractivity contribution in [3.63, 3.8) is 0 Å². The van der Waals surface area contributed by atoms with E-state index in [9.17, 15) is 5.11 Å². The first-order valence-corrected chi connectivity index (χ1v) is 9.00. The summed E-state index contributed by atoms with van der Waals surface area (Å²) in [7, 11) is 1.72. The van der Waals surface area contributed by atoms with Gasteiger partial charge in [-0.05, 0) is 62.6 Å². The molecule has 0 radical (unpaired) electrons. The van der Waals surface area contributed by atoms with Crippen LogP contribution in [-0.2, 0) is 0 Å². The van der Waals surface area contributed by atoms with Crippen LogP contribution in [0.1, 0.15) is 44.2 Å². The molecule has 2 rings (SSSR count). The summed E-state index contributed by atoms with van der Waals surface area (Å²) in [5.41, 5.74) is 1.25. The first-order valence-electron chi connectivity index (χ1n) is 7.77. The maximum atomic E-state index is 9.74. The van der Waals surface area contributed by atoms with Crippen LogP contribution in [0.3, 0.4) is 0 Å². The molecule has 0 spiro atoms. The zero-order valence-corrected chi connectivity index (χ0v) is 14.1. The van der Waals surface area contributed by atoms with Crippen molar-refractivity contribution in [3.05, 3.63) is 23.8 Å². The van der Waals surface area contributed by atoms with Gasteiger partial charge in [-0.2, -0.15) is 0 Å². The van der Waals surface area contributed by atoms with Gasteiger partial charge in [0.2, 0.25) is 0 Å². The van der Waals surface area contributed by atoms with E-state index in [4.69, 9.17) is 4.74 Å². The average Bonchev–Trinajstić information content (AvgIpc) is 2.52. The van der Waals surface area contributed by atoms with Crippen LogP contribution in [0.15, 0.2) is 23.1 Å². The number of aliphatic hydroxyl groups is 1. The molecule has 0 aromatic heterocycles. The molecule has 0 aliphatic heterocycles. The van der Waals surface area contributed by atoms with E-state index in [0.717, 1.165) is 31.6 Å². The Bertz CT molecular complexity index is 452. The maximum absolute atomic E-state index is 9.74. The summed E-state index contributed by atoms with van der Waals surface area (Å²) in [4.78, 5) is 1.17. The van der Waals surface area contributed by atoms with Crippen molar-refractivity contribution >= 4 is 11.8 Å². The van der Waals surface area contributed by atoms with Crippen molar-refractivity contribution in [2.45, 2.75) is 49.6 Å². The molecule has 2 N–H and O–H groups in total. The molecular formula is C17H27NO2S. The summed E-state index contributed by atoms with van der Waals surface area (Å²) in [5.74, 6) is 1.55. The van der Waals surface area contributed by atoms with Gasteiger partial charge in [0.25, 0.3) is 0 Å². The second-order valence-electron chi connectivity index (χ2n) is 5.93. The van der Waals surface area contributed by atoms with Crippen LogP contribution >= 0.6 is 11.8 Å². The Morgan fingerprint density at radius 1 is 1.43 bits per heavy atom. The number of rotatable bonds is 6. The fourth-order valence-corrected chi connectivity index (χ4v) is 3.58. The van der Waals surface area contributed by atoms with Crippen molar-refractivity contribution < 1.29 is 9.84 Å². The number of hydrogen-bond donors (Lipinski definition) is 2. The van der Waals surface area contributed by atoms with Crippen molar-refractivity contribution in [3.8, 4) is 5.75 Å². The molecule has 3 unspecified atom stereocenters. The van der Waals surface area contributed by atoms with Crippen molar-refractivity contribution in [1.82, 2.24) is 5.32 Å². The highest BCUT2D eigenvalue weighted by Gasteiger charge is 2.20. The molecule has 4 heteroatoms. The monoisotopic (exact) mass is 309 g/mol.